The molecule has 2 saturated heterocycles. The molecule has 2 aromatic carbocycles. The average Bonchev–Trinajstić information content (AvgIpc) is 3.25. The second-order valence-electron chi connectivity index (χ2n) is 9.59. The number of oxazole rings is 1. The smallest absolute Gasteiger partial charge is 0.253 e. The van der Waals surface area contributed by atoms with Crippen LogP contribution in [0.15, 0.2) is 45.7 Å². The number of sulfonamides is 1. The van der Waals surface area contributed by atoms with Crippen LogP contribution in [-0.4, -0.2) is 72.7 Å². The van der Waals surface area contributed by atoms with Crippen LogP contribution >= 0.6 is 0 Å². The van der Waals surface area contributed by atoms with Crippen LogP contribution in [0.3, 0.4) is 0 Å². The molecule has 3 aromatic rings. The highest BCUT2D eigenvalue weighted by Crippen LogP contribution is 2.24. The molecule has 0 atom stereocenters. The predicted molar refractivity (Wildman–Crippen MR) is 134 cm³/mol. The van der Waals surface area contributed by atoms with Crippen molar-refractivity contribution in [2.75, 3.05) is 39.3 Å². The van der Waals surface area contributed by atoms with E-state index in [1.165, 1.54) is 6.42 Å². The molecule has 1 amide bonds. The van der Waals surface area contributed by atoms with Crippen LogP contribution in [0.1, 0.15) is 46.6 Å². The van der Waals surface area contributed by atoms with E-state index >= 15 is 0 Å². The first-order valence-corrected chi connectivity index (χ1v) is 13.7. The molecule has 3 heterocycles. The molecule has 186 valence electrons. The highest BCUT2D eigenvalue weighted by atomic mass is 32.2. The van der Waals surface area contributed by atoms with Crippen LogP contribution in [0, 0.1) is 13.8 Å². The van der Waals surface area contributed by atoms with Gasteiger partial charge in [0.2, 0.25) is 15.9 Å². The highest BCUT2D eigenvalue weighted by molar-refractivity contribution is 7.89. The molecule has 0 bridgehead atoms. The maximum atomic E-state index is 13.1. The molecule has 0 unspecified atom stereocenters. The van der Waals surface area contributed by atoms with Crippen molar-refractivity contribution < 1.29 is 17.6 Å². The summed E-state index contributed by atoms with van der Waals surface area (Å²) in [5, 5.41) is 0. The van der Waals surface area contributed by atoms with Crippen molar-refractivity contribution in [3.8, 4) is 0 Å². The Balaban J connectivity index is 1.23. The number of benzene rings is 2. The summed E-state index contributed by atoms with van der Waals surface area (Å²) >= 11 is 0. The summed E-state index contributed by atoms with van der Waals surface area (Å²) < 4.78 is 33.8. The third kappa shape index (κ3) is 4.98. The molecule has 0 aliphatic carbocycles. The predicted octanol–water partition coefficient (Wildman–Crippen LogP) is 3.58. The molecule has 0 saturated carbocycles. The lowest BCUT2D eigenvalue weighted by molar-refractivity contribution is 0.0724. The molecule has 2 aliphatic rings. The number of hydrogen-bond donors (Lipinski definition) is 0. The van der Waals surface area contributed by atoms with E-state index in [4.69, 9.17) is 4.42 Å². The van der Waals surface area contributed by atoms with Gasteiger partial charge in [-0.1, -0.05) is 17.7 Å². The number of amides is 1. The van der Waals surface area contributed by atoms with Crippen molar-refractivity contribution in [1.29, 1.82) is 0 Å². The maximum Gasteiger partial charge on any atom is 0.253 e. The van der Waals surface area contributed by atoms with Crippen molar-refractivity contribution in [3.63, 3.8) is 0 Å². The molecular formula is C26H32N4O4S. The standard InChI is InChI=1S/C26H32N4O4S/c1-19-6-9-24(20(2)16-19)35(32,33)30-14-12-28(13-15-30)18-25-27-22-17-21(7-8-23(22)34-25)26(31)29-10-4-3-5-11-29/h6-9,16-17H,3-5,10-15,18H2,1-2H3. The zero-order valence-corrected chi connectivity index (χ0v) is 21.2. The van der Waals surface area contributed by atoms with Gasteiger partial charge >= 0.3 is 0 Å². The molecule has 1 aromatic heterocycles. The van der Waals surface area contributed by atoms with Gasteiger partial charge in [-0.2, -0.15) is 4.31 Å². The summed E-state index contributed by atoms with van der Waals surface area (Å²) in [6, 6.07) is 10.9. The Labute approximate surface area is 206 Å². The zero-order valence-electron chi connectivity index (χ0n) is 20.4. The van der Waals surface area contributed by atoms with E-state index in [0.29, 0.717) is 60.2 Å². The van der Waals surface area contributed by atoms with Gasteiger partial charge in [-0.25, -0.2) is 13.4 Å². The van der Waals surface area contributed by atoms with Gasteiger partial charge in [-0.05, 0) is 62.9 Å². The summed E-state index contributed by atoms with van der Waals surface area (Å²) in [6.07, 6.45) is 3.30. The number of nitrogens with zero attached hydrogens (tertiary/aromatic N) is 4. The van der Waals surface area contributed by atoms with Gasteiger partial charge in [-0.3, -0.25) is 9.69 Å². The fourth-order valence-corrected chi connectivity index (χ4v) is 6.63. The number of carbonyl (C=O) groups is 1. The number of carbonyl (C=O) groups excluding carboxylic acids is 1. The van der Waals surface area contributed by atoms with Gasteiger partial charge in [0, 0.05) is 44.8 Å². The van der Waals surface area contributed by atoms with Crippen molar-refractivity contribution >= 4 is 27.0 Å². The highest BCUT2D eigenvalue weighted by Gasteiger charge is 2.30. The van der Waals surface area contributed by atoms with Crippen LogP contribution in [-0.2, 0) is 16.6 Å². The third-order valence-corrected chi connectivity index (χ3v) is 9.02. The molecule has 2 aliphatic heterocycles. The van der Waals surface area contributed by atoms with Crippen molar-refractivity contribution in [2.24, 2.45) is 0 Å². The number of piperazine rings is 1. The Bertz CT molecular complexity index is 1340. The molecule has 0 radical (unpaired) electrons. The first-order chi connectivity index (χ1) is 16.8. The Morgan fingerprint density at radius 3 is 2.40 bits per heavy atom. The minimum absolute atomic E-state index is 0.0531. The number of aromatic nitrogens is 1. The molecule has 0 N–H and O–H groups in total. The summed E-state index contributed by atoms with van der Waals surface area (Å²) in [7, 11) is -3.52. The number of aryl methyl sites for hydroxylation is 2. The van der Waals surface area contributed by atoms with Crippen LogP contribution in [0.4, 0.5) is 0 Å². The summed E-state index contributed by atoms with van der Waals surface area (Å²) in [5.74, 6) is 0.630. The summed E-state index contributed by atoms with van der Waals surface area (Å²) in [4.78, 5) is 21.9. The molecule has 0 spiro atoms. The largest absolute Gasteiger partial charge is 0.439 e. The Kier molecular flexibility index (Phi) is 6.65. The molecule has 35 heavy (non-hydrogen) atoms. The third-order valence-electron chi connectivity index (χ3n) is 6.96. The molecule has 8 nitrogen and oxygen atoms in total. The monoisotopic (exact) mass is 496 g/mol. The topological polar surface area (TPSA) is 87.0 Å². The Morgan fingerprint density at radius 1 is 0.943 bits per heavy atom. The van der Waals surface area contributed by atoms with Gasteiger partial charge in [0.15, 0.2) is 5.58 Å². The minimum atomic E-state index is -3.52. The normalized spacial score (nSPS) is 18.3. The van der Waals surface area contributed by atoms with E-state index in [1.807, 2.05) is 49.1 Å². The average molecular weight is 497 g/mol. The fourth-order valence-electron chi connectivity index (χ4n) is 5.00. The first-order valence-electron chi connectivity index (χ1n) is 12.3. The summed E-state index contributed by atoms with van der Waals surface area (Å²) in [5.41, 5.74) is 3.80. The SMILES string of the molecule is Cc1ccc(S(=O)(=O)N2CCN(Cc3nc4cc(C(=O)N5CCCCC5)ccc4o3)CC2)c(C)c1. The van der Waals surface area contributed by atoms with Crippen LogP contribution in [0.2, 0.25) is 0 Å². The Morgan fingerprint density at radius 2 is 1.69 bits per heavy atom. The van der Waals surface area contributed by atoms with Crippen molar-refractivity contribution in [2.45, 2.75) is 44.6 Å². The fraction of sp³-hybridized carbons (Fsp3) is 0.462. The lowest BCUT2D eigenvalue weighted by Crippen LogP contribution is -2.48. The van der Waals surface area contributed by atoms with E-state index < -0.39 is 10.0 Å². The van der Waals surface area contributed by atoms with Gasteiger partial charge in [0.1, 0.15) is 5.52 Å². The van der Waals surface area contributed by atoms with Gasteiger partial charge < -0.3 is 9.32 Å². The second kappa shape index (κ2) is 9.72. The van der Waals surface area contributed by atoms with Crippen LogP contribution in [0.5, 0.6) is 0 Å². The first kappa shape index (κ1) is 24.0. The Hall–Kier alpha value is -2.75. The minimum Gasteiger partial charge on any atom is -0.439 e. The van der Waals surface area contributed by atoms with Gasteiger partial charge in [0.25, 0.3) is 5.91 Å². The second-order valence-corrected chi connectivity index (χ2v) is 11.5. The zero-order chi connectivity index (χ0) is 24.6. The van der Waals surface area contributed by atoms with E-state index in [2.05, 4.69) is 9.88 Å². The van der Waals surface area contributed by atoms with E-state index in [-0.39, 0.29) is 5.91 Å². The van der Waals surface area contributed by atoms with Crippen LogP contribution in [0.25, 0.3) is 11.1 Å². The van der Waals surface area contributed by atoms with E-state index in [1.54, 1.807) is 10.4 Å². The lowest BCUT2D eigenvalue weighted by Gasteiger charge is -2.33. The molecule has 5 rings (SSSR count). The number of fused-ring (bicyclic) bond motifs is 1. The maximum absolute atomic E-state index is 13.1. The summed E-state index contributed by atoms with van der Waals surface area (Å²) in [6.45, 7) is 7.97. The number of likely N-dealkylation sites (tertiary alicyclic amines) is 1. The van der Waals surface area contributed by atoms with Crippen molar-refractivity contribution in [1.82, 2.24) is 19.1 Å². The number of rotatable bonds is 5. The van der Waals surface area contributed by atoms with E-state index in [0.717, 1.165) is 37.1 Å². The molecule has 9 heteroatoms. The number of hydrogen-bond acceptors (Lipinski definition) is 6. The van der Waals surface area contributed by atoms with Crippen molar-refractivity contribution in [3.05, 3.63) is 59.0 Å². The van der Waals surface area contributed by atoms with E-state index in [9.17, 15) is 13.2 Å². The quantitative estimate of drug-likeness (QED) is 0.537. The van der Waals surface area contributed by atoms with Gasteiger partial charge in [-0.15, -0.1) is 0 Å². The lowest BCUT2D eigenvalue weighted by atomic mass is 10.1. The van der Waals surface area contributed by atoms with Gasteiger partial charge in [0.05, 0.1) is 11.4 Å². The van der Waals surface area contributed by atoms with Crippen LogP contribution < -0.4 is 0 Å². The molecular weight excluding hydrogens is 464 g/mol. The number of piperidine rings is 1. The molecule has 2 fully saturated rings.